The van der Waals surface area contributed by atoms with Crippen molar-refractivity contribution in [3.05, 3.63) is 23.8 Å². The van der Waals surface area contributed by atoms with Crippen molar-refractivity contribution in [1.29, 1.82) is 0 Å². The minimum Gasteiger partial charge on any atom is -0.493 e. The Morgan fingerprint density at radius 1 is 1.04 bits per heavy atom. The van der Waals surface area contributed by atoms with E-state index in [1.807, 2.05) is 23.1 Å². The molecule has 3 atom stereocenters. The minimum absolute atomic E-state index is 0.0208. The number of aliphatic carboxylic acids is 1. The summed E-state index contributed by atoms with van der Waals surface area (Å²) in [5, 5.41) is 9.29. The van der Waals surface area contributed by atoms with E-state index in [9.17, 15) is 14.7 Å². The number of likely N-dealkylation sites (tertiary alicyclic amines) is 1. The average Bonchev–Trinajstić information content (AvgIpc) is 3.16. The van der Waals surface area contributed by atoms with Gasteiger partial charge in [0.1, 0.15) is 0 Å². The summed E-state index contributed by atoms with van der Waals surface area (Å²) in [6, 6.07) is 5.82. The first kappa shape index (κ1) is 18.5. The molecule has 1 aliphatic heterocycles. The summed E-state index contributed by atoms with van der Waals surface area (Å²) >= 11 is 0. The van der Waals surface area contributed by atoms with Crippen LogP contribution in [-0.2, 0) is 9.59 Å². The Bertz CT molecular complexity index is 674. The highest BCUT2D eigenvalue weighted by Gasteiger charge is 2.37. The predicted molar refractivity (Wildman–Crippen MR) is 96.3 cm³/mol. The van der Waals surface area contributed by atoms with Crippen molar-refractivity contribution >= 4 is 11.9 Å². The number of carbonyl (C=O) groups excluding carboxylic acids is 1. The molecule has 1 saturated carbocycles. The van der Waals surface area contributed by atoms with Gasteiger partial charge in [0.05, 0.1) is 26.2 Å². The van der Waals surface area contributed by atoms with Crippen LogP contribution in [0.1, 0.15) is 50.1 Å². The summed E-state index contributed by atoms with van der Waals surface area (Å²) in [6.07, 6.45) is 4.61. The molecule has 2 fully saturated rings. The maximum absolute atomic E-state index is 13.1. The lowest BCUT2D eigenvalue weighted by molar-refractivity contribution is -0.145. The van der Waals surface area contributed by atoms with E-state index >= 15 is 0 Å². The lowest BCUT2D eigenvalue weighted by Crippen LogP contribution is -2.38. The van der Waals surface area contributed by atoms with E-state index in [0.29, 0.717) is 24.3 Å². The van der Waals surface area contributed by atoms with E-state index in [4.69, 9.17) is 9.47 Å². The fourth-order valence-electron chi connectivity index (χ4n) is 4.31. The normalized spacial score (nSPS) is 25.8. The molecular formula is C20H27NO5. The smallest absolute Gasteiger partial charge is 0.306 e. The summed E-state index contributed by atoms with van der Waals surface area (Å²) in [7, 11) is 3.21. The summed E-state index contributed by atoms with van der Waals surface area (Å²) in [5.41, 5.74) is 1.04. The molecule has 1 amide bonds. The second-order valence-corrected chi connectivity index (χ2v) is 7.20. The van der Waals surface area contributed by atoms with Crippen molar-refractivity contribution in [3.63, 3.8) is 0 Å². The molecule has 0 spiro atoms. The molecule has 6 nitrogen and oxygen atoms in total. The van der Waals surface area contributed by atoms with Gasteiger partial charge in [-0.05, 0) is 49.8 Å². The number of hydrogen-bond acceptors (Lipinski definition) is 4. The molecule has 0 aromatic heterocycles. The maximum Gasteiger partial charge on any atom is 0.306 e. The molecule has 3 rings (SSSR count). The zero-order chi connectivity index (χ0) is 18.7. The van der Waals surface area contributed by atoms with Gasteiger partial charge in [-0.3, -0.25) is 9.59 Å². The van der Waals surface area contributed by atoms with Gasteiger partial charge in [-0.15, -0.1) is 0 Å². The predicted octanol–water partition coefficient (Wildman–Crippen LogP) is 3.26. The number of carboxylic acids is 1. The number of carboxylic acid groups (broad SMARTS) is 1. The molecule has 6 heteroatoms. The lowest BCUT2D eigenvalue weighted by Gasteiger charge is -2.32. The Morgan fingerprint density at radius 2 is 1.77 bits per heavy atom. The summed E-state index contributed by atoms with van der Waals surface area (Å²) < 4.78 is 10.7. The second kappa shape index (κ2) is 7.98. The fourth-order valence-corrected chi connectivity index (χ4v) is 4.31. The van der Waals surface area contributed by atoms with Crippen LogP contribution in [0.5, 0.6) is 11.5 Å². The first-order valence-corrected chi connectivity index (χ1v) is 9.30. The van der Waals surface area contributed by atoms with Crippen LogP contribution >= 0.6 is 0 Å². The molecule has 1 heterocycles. The third-order valence-electron chi connectivity index (χ3n) is 5.70. The Labute approximate surface area is 154 Å². The van der Waals surface area contributed by atoms with Crippen molar-refractivity contribution in [2.24, 2.45) is 11.8 Å². The first-order valence-electron chi connectivity index (χ1n) is 9.30. The number of ether oxygens (including phenoxy) is 2. The van der Waals surface area contributed by atoms with Gasteiger partial charge in [-0.2, -0.15) is 0 Å². The number of nitrogens with zero attached hydrogens (tertiary/aromatic N) is 1. The third-order valence-corrected chi connectivity index (χ3v) is 5.70. The SMILES string of the molecule is COc1ccc(C2CCCN2C(=O)C2CCCC(C(=O)O)C2)cc1OC. The van der Waals surface area contributed by atoms with Crippen LogP contribution in [0.15, 0.2) is 18.2 Å². The number of rotatable bonds is 5. The molecule has 3 unspecified atom stereocenters. The molecule has 1 aliphatic carbocycles. The van der Waals surface area contributed by atoms with E-state index in [1.165, 1.54) is 0 Å². The molecule has 1 aromatic carbocycles. The molecule has 26 heavy (non-hydrogen) atoms. The number of hydrogen-bond donors (Lipinski definition) is 1. The first-order chi connectivity index (χ1) is 12.5. The van der Waals surface area contributed by atoms with Gasteiger partial charge in [-0.25, -0.2) is 0 Å². The van der Waals surface area contributed by atoms with Crippen LogP contribution in [0.25, 0.3) is 0 Å². The topological polar surface area (TPSA) is 76.1 Å². The molecule has 142 valence electrons. The zero-order valence-corrected chi connectivity index (χ0v) is 15.4. The largest absolute Gasteiger partial charge is 0.493 e. The summed E-state index contributed by atoms with van der Waals surface area (Å²) in [4.78, 5) is 26.4. The van der Waals surface area contributed by atoms with Gasteiger partial charge in [-0.1, -0.05) is 12.5 Å². The maximum atomic E-state index is 13.1. The van der Waals surface area contributed by atoms with Crippen molar-refractivity contribution < 1.29 is 24.2 Å². The van der Waals surface area contributed by atoms with Crippen molar-refractivity contribution in [2.75, 3.05) is 20.8 Å². The van der Waals surface area contributed by atoms with E-state index in [0.717, 1.165) is 37.8 Å². The molecule has 1 aromatic rings. The van der Waals surface area contributed by atoms with Crippen LogP contribution in [0.2, 0.25) is 0 Å². The van der Waals surface area contributed by atoms with Crippen molar-refractivity contribution in [3.8, 4) is 11.5 Å². The zero-order valence-electron chi connectivity index (χ0n) is 15.4. The lowest BCUT2D eigenvalue weighted by atomic mass is 9.80. The van der Waals surface area contributed by atoms with E-state index < -0.39 is 5.97 Å². The molecular weight excluding hydrogens is 334 g/mol. The van der Waals surface area contributed by atoms with Crippen LogP contribution in [0.3, 0.4) is 0 Å². The quantitative estimate of drug-likeness (QED) is 0.871. The number of methoxy groups -OCH3 is 2. The van der Waals surface area contributed by atoms with Gasteiger partial charge in [0.15, 0.2) is 11.5 Å². The highest BCUT2D eigenvalue weighted by Crippen LogP contribution is 2.39. The van der Waals surface area contributed by atoms with Crippen molar-refractivity contribution in [2.45, 2.75) is 44.6 Å². The van der Waals surface area contributed by atoms with E-state index in [1.54, 1.807) is 14.2 Å². The Kier molecular flexibility index (Phi) is 5.69. The average molecular weight is 361 g/mol. The van der Waals surface area contributed by atoms with Crippen LogP contribution in [-0.4, -0.2) is 42.6 Å². The Balaban J connectivity index is 1.77. The molecule has 2 aliphatic rings. The Morgan fingerprint density at radius 3 is 2.46 bits per heavy atom. The van der Waals surface area contributed by atoms with Gasteiger partial charge < -0.3 is 19.5 Å². The van der Waals surface area contributed by atoms with Gasteiger partial charge in [0.2, 0.25) is 5.91 Å². The molecule has 0 bridgehead atoms. The fraction of sp³-hybridized carbons (Fsp3) is 0.600. The van der Waals surface area contributed by atoms with Crippen LogP contribution in [0.4, 0.5) is 0 Å². The Hall–Kier alpha value is -2.24. The minimum atomic E-state index is -0.777. The summed E-state index contributed by atoms with van der Waals surface area (Å²) in [6.45, 7) is 0.728. The third kappa shape index (κ3) is 3.64. The van der Waals surface area contributed by atoms with Gasteiger partial charge in [0, 0.05) is 12.5 Å². The number of benzene rings is 1. The number of amides is 1. The van der Waals surface area contributed by atoms with Crippen molar-refractivity contribution in [1.82, 2.24) is 4.90 Å². The monoisotopic (exact) mass is 361 g/mol. The number of carbonyl (C=O) groups is 2. The van der Waals surface area contributed by atoms with Crippen LogP contribution < -0.4 is 9.47 Å². The van der Waals surface area contributed by atoms with Gasteiger partial charge >= 0.3 is 5.97 Å². The second-order valence-electron chi connectivity index (χ2n) is 7.20. The highest BCUT2D eigenvalue weighted by molar-refractivity contribution is 5.81. The molecule has 0 radical (unpaired) electrons. The molecule has 1 saturated heterocycles. The standard InChI is InChI=1S/C20H27NO5/c1-25-17-9-8-13(12-18(17)26-2)16-7-4-10-21(16)19(22)14-5-3-6-15(11-14)20(23)24/h8-9,12,14-16H,3-7,10-11H2,1-2H3,(H,23,24). The van der Waals surface area contributed by atoms with E-state index in [2.05, 4.69) is 0 Å². The molecule has 1 N–H and O–H groups in total. The highest BCUT2D eigenvalue weighted by atomic mass is 16.5. The van der Waals surface area contributed by atoms with E-state index in [-0.39, 0.29) is 23.8 Å². The van der Waals surface area contributed by atoms with Crippen LogP contribution in [0, 0.1) is 11.8 Å². The van der Waals surface area contributed by atoms with Gasteiger partial charge in [0.25, 0.3) is 0 Å². The summed E-state index contributed by atoms with van der Waals surface area (Å²) in [5.74, 6) is 0.0932.